The zero-order valence-corrected chi connectivity index (χ0v) is 16.5. The van der Waals surface area contributed by atoms with Crippen LogP contribution in [0, 0.1) is 17.6 Å². The third kappa shape index (κ3) is 4.70. The van der Waals surface area contributed by atoms with Crippen LogP contribution in [0.4, 0.5) is 8.78 Å². The molecule has 1 radical (unpaired) electrons. The summed E-state index contributed by atoms with van der Waals surface area (Å²) in [5.41, 5.74) is 1.77. The zero-order valence-electron chi connectivity index (χ0n) is 16.5. The van der Waals surface area contributed by atoms with Crippen molar-refractivity contribution in [3.05, 3.63) is 59.2 Å². The molecule has 2 aliphatic rings. The van der Waals surface area contributed by atoms with Gasteiger partial charge < -0.3 is 14.6 Å². The van der Waals surface area contributed by atoms with E-state index >= 15 is 0 Å². The maximum Gasteiger partial charge on any atom is 0.150 e. The van der Waals surface area contributed by atoms with Gasteiger partial charge in [-0.2, -0.15) is 5.32 Å². The van der Waals surface area contributed by atoms with E-state index in [1.54, 1.807) is 18.2 Å². The average Bonchev–Trinajstić information content (AvgIpc) is 2.72. The van der Waals surface area contributed by atoms with E-state index in [4.69, 9.17) is 9.47 Å². The lowest BCUT2D eigenvalue weighted by molar-refractivity contribution is -0.668. The van der Waals surface area contributed by atoms with Gasteiger partial charge in [-0.3, -0.25) is 0 Å². The van der Waals surface area contributed by atoms with Crippen LogP contribution in [0.3, 0.4) is 0 Å². The molecule has 0 aliphatic carbocycles. The van der Waals surface area contributed by atoms with Crippen molar-refractivity contribution in [1.82, 2.24) is 0 Å². The van der Waals surface area contributed by atoms with Crippen LogP contribution in [0.2, 0.25) is 0 Å². The number of benzene rings is 2. The molecular formula is C23H27F2NO3+. The summed E-state index contributed by atoms with van der Waals surface area (Å²) >= 11 is 0. The molecule has 0 fully saturated rings. The highest BCUT2D eigenvalue weighted by molar-refractivity contribution is 5.36. The summed E-state index contributed by atoms with van der Waals surface area (Å²) in [6.45, 7) is 3.23. The number of hydrogen-bond acceptors (Lipinski definition) is 4. The lowest BCUT2D eigenvalue weighted by atomic mass is 9.94. The van der Waals surface area contributed by atoms with Crippen molar-refractivity contribution >= 4 is 0 Å². The van der Waals surface area contributed by atoms with Gasteiger partial charge in [-0.25, -0.2) is 8.78 Å². The Labute approximate surface area is 169 Å². The van der Waals surface area contributed by atoms with Gasteiger partial charge in [-0.05, 0) is 73.2 Å². The van der Waals surface area contributed by atoms with Crippen molar-refractivity contribution in [2.24, 2.45) is 5.92 Å². The number of halogens is 2. The average molecular weight is 403 g/mol. The van der Waals surface area contributed by atoms with Crippen LogP contribution >= 0.6 is 0 Å². The second-order valence-electron chi connectivity index (χ2n) is 8.10. The molecule has 2 aromatic carbocycles. The largest absolute Gasteiger partial charge is 0.490 e. The molecule has 2 heterocycles. The van der Waals surface area contributed by atoms with Crippen LogP contribution in [0.1, 0.15) is 30.9 Å². The summed E-state index contributed by atoms with van der Waals surface area (Å²) in [5.74, 6) is 1.17. The third-order valence-corrected chi connectivity index (χ3v) is 5.88. The van der Waals surface area contributed by atoms with Crippen LogP contribution in [0.5, 0.6) is 11.5 Å². The van der Waals surface area contributed by atoms with Gasteiger partial charge in [-0.1, -0.05) is 6.92 Å². The van der Waals surface area contributed by atoms with Crippen LogP contribution < -0.4 is 14.8 Å². The fraction of sp³-hybridized carbons (Fsp3) is 0.478. The van der Waals surface area contributed by atoms with E-state index in [9.17, 15) is 13.9 Å². The summed E-state index contributed by atoms with van der Waals surface area (Å²) in [5, 5.41) is 13.8. The summed E-state index contributed by atoms with van der Waals surface area (Å²) < 4.78 is 38.5. The fourth-order valence-corrected chi connectivity index (χ4v) is 4.15. The van der Waals surface area contributed by atoms with E-state index in [1.165, 1.54) is 18.2 Å². The molecule has 0 amide bonds. The molecule has 2 N–H and O–H groups in total. The Morgan fingerprint density at radius 2 is 1.48 bits per heavy atom. The zero-order chi connectivity index (χ0) is 20.4. The monoisotopic (exact) mass is 403 g/mol. The van der Waals surface area contributed by atoms with Crippen molar-refractivity contribution < 1.29 is 28.7 Å². The van der Waals surface area contributed by atoms with Crippen LogP contribution in [-0.2, 0) is 12.8 Å². The highest BCUT2D eigenvalue weighted by atomic mass is 19.1. The lowest BCUT2D eigenvalue weighted by Gasteiger charge is -2.30. The second kappa shape index (κ2) is 8.67. The quantitative estimate of drug-likeness (QED) is 0.779. The Hall–Kier alpha value is -2.18. The molecule has 4 atom stereocenters. The topological polar surface area (TPSA) is 54.3 Å². The molecule has 0 saturated heterocycles. The maximum absolute atomic E-state index is 13.3. The second-order valence-corrected chi connectivity index (χ2v) is 8.10. The van der Waals surface area contributed by atoms with Crippen molar-refractivity contribution in [3.8, 4) is 11.5 Å². The van der Waals surface area contributed by atoms with Crippen molar-refractivity contribution in [1.29, 1.82) is 0 Å². The highest BCUT2D eigenvalue weighted by Gasteiger charge is 2.30. The SMILES string of the molecule is C[C@@H](C[NH+]C[C@H](O)C1CCc2cc(F)ccc2O1)[C@H]1CCc2cc(F)ccc2O1. The van der Waals surface area contributed by atoms with Crippen molar-refractivity contribution in [2.75, 3.05) is 13.1 Å². The van der Waals surface area contributed by atoms with Gasteiger partial charge in [0.1, 0.15) is 54.5 Å². The standard InChI is InChI=1S/C23H27F2NO3/c1-14(20-6-2-15-10-17(24)4-8-21(15)28-20)12-26-13-19(27)23-7-3-16-11-18(25)5-9-22(16)29-23/h4-5,8-11,14,19-20,23,26-27H,2-3,6-7,12-13H2,1H3/q+1/t14-,19-,20+,23?/m0/s1. The highest BCUT2D eigenvalue weighted by Crippen LogP contribution is 2.31. The first-order valence-electron chi connectivity index (χ1n) is 10.3. The first kappa shape index (κ1) is 20.1. The summed E-state index contributed by atoms with van der Waals surface area (Å²) in [7, 11) is 0. The molecule has 4 rings (SSSR count). The van der Waals surface area contributed by atoms with E-state index in [2.05, 4.69) is 12.2 Å². The Kier molecular flexibility index (Phi) is 6.01. The van der Waals surface area contributed by atoms with E-state index in [1.807, 2.05) is 0 Å². The van der Waals surface area contributed by atoms with E-state index < -0.39 is 6.10 Å². The number of aliphatic hydroxyl groups is 1. The van der Waals surface area contributed by atoms with Crippen LogP contribution in [0.25, 0.3) is 0 Å². The van der Waals surface area contributed by atoms with Gasteiger partial charge >= 0.3 is 0 Å². The van der Waals surface area contributed by atoms with Gasteiger partial charge in [0.2, 0.25) is 0 Å². The number of aryl methyl sites for hydroxylation is 2. The first-order chi connectivity index (χ1) is 14.0. The molecule has 4 nitrogen and oxygen atoms in total. The molecule has 155 valence electrons. The first-order valence-corrected chi connectivity index (χ1v) is 10.3. The summed E-state index contributed by atoms with van der Waals surface area (Å²) in [6, 6.07) is 9.17. The Morgan fingerprint density at radius 1 is 0.931 bits per heavy atom. The minimum atomic E-state index is -0.642. The predicted molar refractivity (Wildman–Crippen MR) is 104 cm³/mol. The predicted octanol–water partition coefficient (Wildman–Crippen LogP) is 2.40. The van der Waals surface area contributed by atoms with E-state index in [-0.39, 0.29) is 29.8 Å². The van der Waals surface area contributed by atoms with Crippen LogP contribution in [-0.4, -0.2) is 36.5 Å². The van der Waals surface area contributed by atoms with Gasteiger partial charge in [0.15, 0.2) is 0 Å². The molecular weight excluding hydrogens is 376 g/mol. The minimum Gasteiger partial charge on any atom is -0.490 e. The van der Waals surface area contributed by atoms with Crippen molar-refractivity contribution in [3.63, 3.8) is 0 Å². The minimum absolute atomic E-state index is 0.0605. The van der Waals surface area contributed by atoms with Gasteiger partial charge in [0, 0.05) is 5.92 Å². The van der Waals surface area contributed by atoms with E-state index in [0.29, 0.717) is 31.7 Å². The number of fused-ring (bicyclic) bond motifs is 2. The Balaban J connectivity index is 1.24. The maximum atomic E-state index is 13.3. The number of nitrogens with one attached hydrogen (secondary N) is 1. The Bertz CT molecular complexity index is 791. The van der Waals surface area contributed by atoms with Crippen LogP contribution in [0.15, 0.2) is 36.4 Å². The molecule has 2 aliphatic heterocycles. The lowest BCUT2D eigenvalue weighted by Crippen LogP contribution is -2.88. The molecule has 0 saturated carbocycles. The number of hydrogen-bond donors (Lipinski definition) is 2. The van der Waals surface area contributed by atoms with Crippen molar-refractivity contribution in [2.45, 2.75) is 50.9 Å². The molecule has 2 aromatic rings. The number of aliphatic hydroxyl groups excluding tert-OH is 1. The van der Waals surface area contributed by atoms with E-state index in [0.717, 1.165) is 29.7 Å². The smallest absolute Gasteiger partial charge is 0.150 e. The normalized spacial score (nSPS) is 22.6. The summed E-state index contributed by atoms with van der Waals surface area (Å²) in [6.07, 6.45) is 2.13. The Morgan fingerprint density at radius 3 is 2.10 bits per heavy atom. The number of ether oxygens (including phenoxy) is 2. The van der Waals surface area contributed by atoms with Gasteiger partial charge in [-0.15, -0.1) is 0 Å². The van der Waals surface area contributed by atoms with Gasteiger partial charge in [0.25, 0.3) is 0 Å². The fourth-order valence-electron chi connectivity index (χ4n) is 4.15. The molecule has 29 heavy (non-hydrogen) atoms. The summed E-state index contributed by atoms with van der Waals surface area (Å²) in [4.78, 5) is 0. The third-order valence-electron chi connectivity index (χ3n) is 5.88. The van der Waals surface area contributed by atoms with Gasteiger partial charge in [0.05, 0.1) is 0 Å². The molecule has 0 spiro atoms. The molecule has 0 aromatic heterocycles. The molecule has 6 heteroatoms. The molecule has 0 bridgehead atoms. The molecule has 1 unspecified atom stereocenters. The number of rotatable bonds is 6.